The molecule has 1 fully saturated rings. The predicted molar refractivity (Wildman–Crippen MR) is 46.6 cm³/mol. The number of ether oxygens (including phenoxy) is 1. The lowest BCUT2D eigenvalue weighted by Crippen LogP contribution is -2.43. The van der Waals surface area contributed by atoms with Crippen molar-refractivity contribution in [1.82, 2.24) is 4.31 Å². The normalized spacial score (nSPS) is 21.5. The van der Waals surface area contributed by atoms with E-state index < -0.39 is 15.9 Å². The largest absolute Gasteiger partial charge is 0.375 e. The van der Waals surface area contributed by atoms with Gasteiger partial charge in [0, 0.05) is 13.7 Å². The van der Waals surface area contributed by atoms with Crippen molar-refractivity contribution < 1.29 is 17.9 Å². The molecular weight excluding hydrogens is 194 g/mol. The number of hydrogen-bond acceptors (Lipinski definition) is 4. The quantitative estimate of drug-likeness (QED) is 0.617. The van der Waals surface area contributed by atoms with Crippen LogP contribution in [0.1, 0.15) is 12.8 Å². The highest BCUT2D eigenvalue weighted by molar-refractivity contribution is 7.89. The Labute approximate surface area is 77.7 Å². The molecule has 1 heterocycles. The lowest BCUT2D eigenvalue weighted by molar-refractivity contribution is -0.130. The van der Waals surface area contributed by atoms with E-state index in [2.05, 4.69) is 4.74 Å². The molecule has 0 atom stereocenters. The molecule has 0 aromatic heterocycles. The number of rotatable bonds is 2. The van der Waals surface area contributed by atoms with Gasteiger partial charge >= 0.3 is 0 Å². The maximum absolute atomic E-state index is 11.3. The fraction of sp³-hybridized carbons (Fsp3) is 0.857. The van der Waals surface area contributed by atoms with Crippen molar-refractivity contribution in [2.24, 2.45) is 0 Å². The van der Waals surface area contributed by atoms with Gasteiger partial charge in [0.15, 0.2) is 0 Å². The van der Waals surface area contributed by atoms with E-state index in [9.17, 15) is 13.2 Å². The van der Waals surface area contributed by atoms with Crippen molar-refractivity contribution in [3.8, 4) is 0 Å². The Kier molecular flexibility index (Phi) is 3.27. The molecule has 1 amide bonds. The van der Waals surface area contributed by atoms with Crippen molar-refractivity contribution in [2.75, 3.05) is 26.0 Å². The minimum Gasteiger partial charge on any atom is -0.375 e. The first-order chi connectivity index (χ1) is 6.08. The Morgan fingerprint density at radius 1 is 1.46 bits per heavy atom. The summed E-state index contributed by atoms with van der Waals surface area (Å²) < 4.78 is 28.2. The molecule has 0 aromatic rings. The molecule has 5 nitrogen and oxygen atoms in total. The van der Waals surface area contributed by atoms with Crippen LogP contribution < -0.4 is 0 Å². The van der Waals surface area contributed by atoms with Gasteiger partial charge in [-0.05, 0) is 12.8 Å². The summed E-state index contributed by atoms with van der Waals surface area (Å²) in [6.07, 6.45) is 1.38. The van der Waals surface area contributed by atoms with Crippen LogP contribution in [-0.4, -0.2) is 44.6 Å². The van der Waals surface area contributed by atoms with Crippen LogP contribution in [0.3, 0.4) is 0 Å². The molecule has 1 saturated heterocycles. The van der Waals surface area contributed by atoms with Gasteiger partial charge in [-0.25, -0.2) is 12.7 Å². The first-order valence-electron chi connectivity index (χ1n) is 4.10. The predicted octanol–water partition coefficient (Wildman–Crippen LogP) is -0.415. The van der Waals surface area contributed by atoms with E-state index >= 15 is 0 Å². The highest BCUT2D eigenvalue weighted by Crippen LogP contribution is 2.13. The average Bonchev–Trinajstić information content (AvgIpc) is 2.03. The molecule has 1 aliphatic heterocycles. The van der Waals surface area contributed by atoms with Crippen molar-refractivity contribution in [3.05, 3.63) is 0 Å². The van der Waals surface area contributed by atoms with E-state index in [-0.39, 0.29) is 12.4 Å². The summed E-state index contributed by atoms with van der Waals surface area (Å²) in [4.78, 5) is 11.2. The topological polar surface area (TPSA) is 63.7 Å². The van der Waals surface area contributed by atoms with E-state index in [1.165, 1.54) is 7.11 Å². The Morgan fingerprint density at radius 2 is 2.15 bits per heavy atom. The van der Waals surface area contributed by atoms with Crippen LogP contribution in [0, 0.1) is 0 Å². The fourth-order valence-electron chi connectivity index (χ4n) is 1.26. The van der Waals surface area contributed by atoms with Gasteiger partial charge in [0.05, 0.1) is 5.75 Å². The third-order valence-electron chi connectivity index (χ3n) is 1.90. The van der Waals surface area contributed by atoms with Crippen LogP contribution in [-0.2, 0) is 19.6 Å². The van der Waals surface area contributed by atoms with Crippen molar-refractivity contribution in [3.63, 3.8) is 0 Å². The van der Waals surface area contributed by atoms with Gasteiger partial charge in [-0.2, -0.15) is 0 Å². The summed E-state index contributed by atoms with van der Waals surface area (Å²) >= 11 is 0. The smallest absolute Gasteiger partial charge is 0.261 e. The lowest BCUT2D eigenvalue weighted by Gasteiger charge is -2.25. The molecule has 76 valence electrons. The van der Waals surface area contributed by atoms with Crippen molar-refractivity contribution in [1.29, 1.82) is 0 Å². The average molecular weight is 207 g/mol. The monoisotopic (exact) mass is 207 g/mol. The van der Waals surface area contributed by atoms with Gasteiger partial charge < -0.3 is 4.74 Å². The SMILES string of the molecule is COCC(=O)N1CCCCS1(=O)=O. The first-order valence-corrected chi connectivity index (χ1v) is 5.71. The zero-order valence-electron chi connectivity index (χ0n) is 7.52. The first kappa shape index (κ1) is 10.5. The Hall–Kier alpha value is -0.620. The number of carbonyl (C=O) groups is 1. The van der Waals surface area contributed by atoms with Crippen LogP contribution in [0.5, 0.6) is 0 Å². The molecule has 0 aliphatic carbocycles. The van der Waals surface area contributed by atoms with Gasteiger partial charge in [-0.1, -0.05) is 0 Å². The second-order valence-electron chi connectivity index (χ2n) is 2.92. The Morgan fingerprint density at radius 3 is 2.69 bits per heavy atom. The van der Waals surface area contributed by atoms with Crippen molar-refractivity contribution >= 4 is 15.9 Å². The maximum Gasteiger partial charge on any atom is 0.261 e. The molecule has 0 radical (unpaired) electrons. The number of sulfonamides is 1. The van der Waals surface area contributed by atoms with Gasteiger partial charge in [-0.15, -0.1) is 0 Å². The third-order valence-corrected chi connectivity index (χ3v) is 3.76. The van der Waals surface area contributed by atoms with E-state index in [0.29, 0.717) is 13.0 Å². The zero-order chi connectivity index (χ0) is 9.90. The molecule has 0 saturated carbocycles. The Balaban J connectivity index is 2.71. The summed E-state index contributed by atoms with van der Waals surface area (Å²) in [6, 6.07) is 0. The van der Waals surface area contributed by atoms with Crippen LogP contribution in [0.2, 0.25) is 0 Å². The molecule has 1 rings (SSSR count). The fourth-order valence-corrected chi connectivity index (χ4v) is 2.82. The second kappa shape index (κ2) is 4.06. The molecule has 13 heavy (non-hydrogen) atoms. The summed E-state index contributed by atoms with van der Waals surface area (Å²) in [5.41, 5.74) is 0. The second-order valence-corrected chi connectivity index (χ2v) is 4.93. The van der Waals surface area contributed by atoms with E-state index in [0.717, 1.165) is 10.7 Å². The highest BCUT2D eigenvalue weighted by Gasteiger charge is 2.29. The molecular formula is C7H13NO4S. The molecule has 0 N–H and O–H groups in total. The summed E-state index contributed by atoms with van der Waals surface area (Å²) in [5, 5.41) is 0. The zero-order valence-corrected chi connectivity index (χ0v) is 8.34. The van der Waals surface area contributed by atoms with Crippen LogP contribution in [0.25, 0.3) is 0 Å². The summed E-state index contributed by atoms with van der Waals surface area (Å²) in [7, 11) is -1.97. The maximum atomic E-state index is 11.3. The van der Waals surface area contributed by atoms with Crippen LogP contribution >= 0.6 is 0 Å². The summed E-state index contributed by atoms with van der Waals surface area (Å²) in [6.45, 7) is 0.129. The number of hydrogen-bond donors (Lipinski definition) is 0. The van der Waals surface area contributed by atoms with Crippen LogP contribution in [0.15, 0.2) is 0 Å². The van der Waals surface area contributed by atoms with Gasteiger partial charge in [0.25, 0.3) is 5.91 Å². The minimum absolute atomic E-state index is 0.0719. The number of nitrogens with zero attached hydrogens (tertiary/aromatic N) is 1. The van der Waals surface area contributed by atoms with E-state index in [1.807, 2.05) is 0 Å². The standard InChI is InChI=1S/C7H13NO4S/c1-12-6-7(9)8-4-2-3-5-13(8,10)11/h2-6H2,1H3. The van der Waals surface area contributed by atoms with E-state index in [4.69, 9.17) is 0 Å². The summed E-state index contributed by atoms with van der Waals surface area (Å²) in [5.74, 6) is -0.398. The van der Waals surface area contributed by atoms with Crippen LogP contribution in [0.4, 0.5) is 0 Å². The molecule has 0 unspecified atom stereocenters. The van der Waals surface area contributed by atoms with Gasteiger partial charge in [-0.3, -0.25) is 4.79 Å². The number of methoxy groups -OCH3 is 1. The van der Waals surface area contributed by atoms with Gasteiger partial charge in [0.2, 0.25) is 10.0 Å². The highest BCUT2D eigenvalue weighted by atomic mass is 32.2. The molecule has 1 aliphatic rings. The number of carbonyl (C=O) groups excluding carboxylic acids is 1. The third kappa shape index (κ3) is 2.41. The lowest BCUT2D eigenvalue weighted by atomic mass is 10.3. The molecule has 0 bridgehead atoms. The molecule has 0 spiro atoms. The number of amides is 1. The van der Waals surface area contributed by atoms with Crippen molar-refractivity contribution in [2.45, 2.75) is 12.8 Å². The van der Waals surface area contributed by atoms with E-state index in [1.54, 1.807) is 0 Å². The minimum atomic E-state index is -3.34. The molecule has 6 heteroatoms. The molecule has 0 aromatic carbocycles. The Bertz CT molecular complexity index is 285. The van der Waals surface area contributed by atoms with Gasteiger partial charge in [0.1, 0.15) is 6.61 Å².